The molecule has 0 bridgehead atoms. The maximum atomic E-state index is 13.6. The molecule has 1 amide bonds. The third-order valence-corrected chi connectivity index (χ3v) is 10.7. The van der Waals surface area contributed by atoms with E-state index < -0.39 is 33.1 Å². The number of carbonyl (C=O) groups excluding carboxylic acids is 1. The fraction of sp³-hybridized carbons (Fsp3) is 0.500. The van der Waals surface area contributed by atoms with Crippen molar-refractivity contribution in [1.82, 2.24) is 19.5 Å². The molecule has 1 aromatic carbocycles. The van der Waals surface area contributed by atoms with Crippen molar-refractivity contribution in [2.75, 3.05) is 23.8 Å². The molecule has 244 valence electrons. The number of aromatic nitrogens is 3. The number of halogens is 3. The maximum Gasteiger partial charge on any atom is 0.394 e. The van der Waals surface area contributed by atoms with E-state index in [1.54, 1.807) is 6.20 Å². The number of phenols is 1. The standard InChI is InChI=1S/C30H36F3N5O5S2/c1-19(18-44)20-16-28(2,3)37(17-20)26-23(27(40)36-45(41,42)22-6-4-5-21(39)15-22)7-8-24(34-26)38-13-9-25(35-38)43-14-12-29(10-11-29)30(31,32)33/h4-9,13,15,19-20,39,44H,10-12,14,16-18H2,1-3H3,(H,36,40)/t19?,20-/m0/s1. The maximum absolute atomic E-state index is 13.6. The lowest BCUT2D eigenvalue weighted by Crippen LogP contribution is -2.41. The van der Waals surface area contributed by atoms with Crippen LogP contribution in [0, 0.1) is 17.3 Å². The van der Waals surface area contributed by atoms with Gasteiger partial charge in [0.25, 0.3) is 15.9 Å². The Balaban J connectivity index is 1.44. The summed E-state index contributed by atoms with van der Waals surface area (Å²) in [5.74, 6) is 0.647. The number of carbonyl (C=O) groups is 1. The summed E-state index contributed by atoms with van der Waals surface area (Å²) in [4.78, 5) is 20.0. The van der Waals surface area contributed by atoms with Crippen LogP contribution in [-0.4, -0.2) is 64.8 Å². The van der Waals surface area contributed by atoms with Gasteiger partial charge in [0.15, 0.2) is 5.82 Å². The van der Waals surface area contributed by atoms with Gasteiger partial charge in [-0.2, -0.15) is 25.8 Å². The van der Waals surface area contributed by atoms with E-state index in [2.05, 4.69) is 29.4 Å². The first-order valence-electron chi connectivity index (χ1n) is 14.6. The number of rotatable bonds is 11. The van der Waals surface area contributed by atoms with Crippen LogP contribution in [0.2, 0.25) is 0 Å². The molecule has 1 saturated carbocycles. The first kappa shape index (κ1) is 32.9. The van der Waals surface area contributed by atoms with Crippen LogP contribution in [-0.2, 0) is 10.0 Å². The molecule has 2 atom stereocenters. The van der Waals surface area contributed by atoms with Gasteiger partial charge < -0.3 is 14.7 Å². The van der Waals surface area contributed by atoms with Crippen molar-refractivity contribution >= 4 is 34.4 Å². The van der Waals surface area contributed by atoms with Gasteiger partial charge >= 0.3 is 6.18 Å². The van der Waals surface area contributed by atoms with E-state index in [9.17, 15) is 31.5 Å². The normalized spacial score (nSPS) is 19.7. The van der Waals surface area contributed by atoms with Gasteiger partial charge in [0.05, 0.1) is 22.5 Å². The zero-order chi connectivity index (χ0) is 32.8. The van der Waals surface area contributed by atoms with Crippen molar-refractivity contribution in [2.24, 2.45) is 17.3 Å². The molecule has 2 aliphatic rings. The number of nitrogens with zero attached hydrogens (tertiary/aromatic N) is 4. The molecule has 15 heteroatoms. The SMILES string of the molecule is CC(CS)[C@@H]1CN(c2nc(-n3ccc(OCCC4(C(F)(F)F)CC4)n3)ccc2C(=O)NS(=O)(=O)c2cccc(O)c2)C(C)(C)C1. The van der Waals surface area contributed by atoms with E-state index in [4.69, 9.17) is 9.72 Å². The average molecular weight is 668 g/mol. The van der Waals surface area contributed by atoms with E-state index in [1.807, 2.05) is 18.7 Å². The van der Waals surface area contributed by atoms with Crippen LogP contribution in [0.4, 0.5) is 19.0 Å². The van der Waals surface area contributed by atoms with E-state index in [-0.39, 0.29) is 65.6 Å². The highest BCUT2D eigenvalue weighted by Gasteiger charge is 2.62. The Labute approximate surface area is 265 Å². The number of phenolic OH excluding ortho intramolecular Hbond substituents is 1. The second-order valence-electron chi connectivity index (χ2n) is 12.5. The van der Waals surface area contributed by atoms with Crippen LogP contribution in [0.3, 0.4) is 0 Å². The zero-order valence-electron chi connectivity index (χ0n) is 25.1. The minimum atomic E-state index is -4.33. The predicted octanol–water partition coefficient (Wildman–Crippen LogP) is 5.37. The highest BCUT2D eigenvalue weighted by Crippen LogP contribution is 2.59. The van der Waals surface area contributed by atoms with Gasteiger partial charge in [-0.25, -0.2) is 22.8 Å². The second kappa shape index (κ2) is 12.0. The molecule has 45 heavy (non-hydrogen) atoms. The number of thiol groups is 1. The molecular weight excluding hydrogens is 631 g/mol. The lowest BCUT2D eigenvalue weighted by Gasteiger charge is -2.34. The minimum absolute atomic E-state index is 0.0141. The highest BCUT2D eigenvalue weighted by atomic mass is 32.2. The number of sulfonamides is 1. The van der Waals surface area contributed by atoms with E-state index in [0.29, 0.717) is 18.1 Å². The molecule has 10 nitrogen and oxygen atoms in total. The molecule has 1 aliphatic heterocycles. The number of pyridine rings is 1. The van der Waals surface area contributed by atoms with E-state index in [1.165, 1.54) is 41.1 Å². The molecule has 2 N–H and O–H groups in total. The summed E-state index contributed by atoms with van der Waals surface area (Å²) >= 11 is 4.47. The minimum Gasteiger partial charge on any atom is -0.508 e. The summed E-state index contributed by atoms with van der Waals surface area (Å²) in [6, 6.07) is 9.44. The molecule has 3 aromatic rings. The van der Waals surface area contributed by atoms with Gasteiger partial charge in [0.1, 0.15) is 11.6 Å². The van der Waals surface area contributed by atoms with Crippen molar-refractivity contribution in [2.45, 2.75) is 63.1 Å². The Morgan fingerprint density at radius 2 is 1.96 bits per heavy atom. The molecule has 1 saturated heterocycles. The fourth-order valence-electron chi connectivity index (χ4n) is 5.73. The highest BCUT2D eigenvalue weighted by molar-refractivity contribution is 7.90. The number of benzene rings is 1. The van der Waals surface area contributed by atoms with Crippen LogP contribution in [0.25, 0.3) is 5.82 Å². The molecule has 2 aromatic heterocycles. The van der Waals surface area contributed by atoms with Gasteiger partial charge in [-0.15, -0.1) is 5.10 Å². The van der Waals surface area contributed by atoms with Crippen molar-refractivity contribution in [3.8, 4) is 17.4 Å². The number of nitrogens with one attached hydrogen (secondary N) is 1. The number of ether oxygens (including phenoxy) is 1. The van der Waals surface area contributed by atoms with E-state index >= 15 is 0 Å². The van der Waals surface area contributed by atoms with E-state index in [0.717, 1.165) is 12.5 Å². The van der Waals surface area contributed by atoms with Gasteiger partial charge in [-0.3, -0.25) is 4.79 Å². The van der Waals surface area contributed by atoms with Gasteiger partial charge in [-0.1, -0.05) is 13.0 Å². The number of hydrogen-bond donors (Lipinski definition) is 3. The zero-order valence-corrected chi connectivity index (χ0v) is 26.8. The summed E-state index contributed by atoms with van der Waals surface area (Å²) in [5, 5.41) is 14.1. The summed E-state index contributed by atoms with van der Waals surface area (Å²) in [7, 11) is -4.33. The molecule has 1 unspecified atom stereocenters. The van der Waals surface area contributed by atoms with Crippen molar-refractivity contribution in [3.63, 3.8) is 0 Å². The molecule has 1 aliphatic carbocycles. The summed E-state index contributed by atoms with van der Waals surface area (Å²) in [6.07, 6.45) is -1.91. The quantitative estimate of drug-likeness (QED) is 0.233. The largest absolute Gasteiger partial charge is 0.508 e. The second-order valence-corrected chi connectivity index (χ2v) is 14.5. The van der Waals surface area contributed by atoms with Gasteiger partial charge in [0.2, 0.25) is 5.88 Å². The van der Waals surface area contributed by atoms with Crippen molar-refractivity contribution < 1.29 is 36.2 Å². The smallest absolute Gasteiger partial charge is 0.394 e. The molecule has 0 radical (unpaired) electrons. The third-order valence-electron chi connectivity index (χ3n) is 8.80. The molecule has 2 fully saturated rings. The molecule has 5 rings (SSSR count). The van der Waals surface area contributed by atoms with Crippen molar-refractivity contribution in [3.05, 3.63) is 54.2 Å². The average Bonchev–Trinajstić information content (AvgIpc) is 3.51. The monoisotopic (exact) mass is 667 g/mol. The number of alkyl halides is 3. The first-order chi connectivity index (χ1) is 21.0. The number of anilines is 1. The van der Waals surface area contributed by atoms with Gasteiger partial charge in [-0.05, 0) is 81.4 Å². The summed E-state index contributed by atoms with van der Waals surface area (Å²) in [6.45, 7) is 6.53. The topological polar surface area (TPSA) is 127 Å². The lowest BCUT2D eigenvalue weighted by molar-refractivity contribution is -0.190. The number of amides is 1. The van der Waals surface area contributed by atoms with Crippen LogP contribution < -0.4 is 14.4 Å². The predicted molar refractivity (Wildman–Crippen MR) is 165 cm³/mol. The van der Waals surface area contributed by atoms with Crippen LogP contribution >= 0.6 is 12.6 Å². The third kappa shape index (κ3) is 6.88. The fourth-order valence-corrected chi connectivity index (χ4v) is 7.03. The van der Waals surface area contributed by atoms with Crippen LogP contribution in [0.15, 0.2) is 53.6 Å². The molecular formula is C30H36F3N5O5S2. The lowest BCUT2D eigenvalue weighted by atomic mass is 9.89. The summed E-state index contributed by atoms with van der Waals surface area (Å²) < 4.78 is 74.9. The Bertz CT molecular complexity index is 1670. The summed E-state index contributed by atoms with van der Waals surface area (Å²) in [5.41, 5.74) is -2.12. The molecule has 3 heterocycles. The number of hydrogen-bond acceptors (Lipinski definition) is 9. The van der Waals surface area contributed by atoms with Crippen LogP contribution in [0.1, 0.15) is 56.8 Å². The van der Waals surface area contributed by atoms with Gasteiger partial charge in [0, 0.05) is 30.4 Å². The Morgan fingerprint density at radius 3 is 2.60 bits per heavy atom. The number of aromatic hydroxyl groups is 1. The molecule has 0 spiro atoms. The Hall–Kier alpha value is -3.46. The Morgan fingerprint density at radius 1 is 1.22 bits per heavy atom. The van der Waals surface area contributed by atoms with Crippen LogP contribution in [0.5, 0.6) is 11.6 Å². The first-order valence-corrected chi connectivity index (χ1v) is 16.7. The van der Waals surface area contributed by atoms with Crippen molar-refractivity contribution in [1.29, 1.82) is 0 Å². The Kier molecular flexibility index (Phi) is 8.81.